The van der Waals surface area contributed by atoms with E-state index in [1.54, 1.807) is 23.9 Å². The van der Waals surface area contributed by atoms with E-state index in [0.717, 1.165) is 25.0 Å². The molecule has 1 N–H and O–H groups in total. The van der Waals surface area contributed by atoms with Gasteiger partial charge in [0.1, 0.15) is 6.04 Å². The van der Waals surface area contributed by atoms with E-state index in [9.17, 15) is 4.79 Å². The standard InChI is InChI=1S/C15H22N4O/c1-5-6-7-19-10-14(12(4)18-19)15(20)17-13(9-16)8-11(2)3/h8,10,13H,5-7H2,1-4H3,(H,17,20). The Morgan fingerprint density at radius 1 is 1.60 bits per heavy atom. The number of carbonyl (C=O) groups is 1. The van der Waals surface area contributed by atoms with Gasteiger partial charge in [-0.2, -0.15) is 10.4 Å². The number of nitriles is 1. The van der Waals surface area contributed by atoms with Crippen LogP contribution in [0.2, 0.25) is 0 Å². The Morgan fingerprint density at radius 3 is 2.85 bits per heavy atom. The number of nitrogens with zero attached hydrogens (tertiary/aromatic N) is 3. The van der Waals surface area contributed by atoms with E-state index in [1.165, 1.54) is 0 Å². The summed E-state index contributed by atoms with van der Waals surface area (Å²) >= 11 is 0. The molecule has 108 valence electrons. The van der Waals surface area contributed by atoms with E-state index in [2.05, 4.69) is 23.4 Å². The second-order valence-corrected chi connectivity index (χ2v) is 5.07. The number of allylic oxidation sites excluding steroid dienone is 1. The molecular weight excluding hydrogens is 252 g/mol. The fourth-order valence-electron chi connectivity index (χ4n) is 1.84. The van der Waals surface area contributed by atoms with Crippen LogP contribution in [-0.4, -0.2) is 21.7 Å². The van der Waals surface area contributed by atoms with Gasteiger partial charge in [0.15, 0.2) is 0 Å². The Bertz CT molecular complexity index is 533. The van der Waals surface area contributed by atoms with Crippen LogP contribution >= 0.6 is 0 Å². The summed E-state index contributed by atoms with van der Waals surface area (Å²) in [5.41, 5.74) is 2.21. The molecule has 20 heavy (non-hydrogen) atoms. The lowest BCUT2D eigenvalue weighted by molar-refractivity contribution is 0.0950. The molecule has 0 aliphatic rings. The van der Waals surface area contributed by atoms with Crippen molar-refractivity contribution in [2.75, 3.05) is 0 Å². The Labute approximate surface area is 120 Å². The van der Waals surface area contributed by atoms with Gasteiger partial charge < -0.3 is 5.32 Å². The molecular formula is C15H22N4O. The monoisotopic (exact) mass is 274 g/mol. The summed E-state index contributed by atoms with van der Waals surface area (Å²) < 4.78 is 1.79. The molecule has 1 aromatic heterocycles. The summed E-state index contributed by atoms with van der Waals surface area (Å²) in [5.74, 6) is -0.255. The van der Waals surface area contributed by atoms with Crippen LogP contribution < -0.4 is 5.32 Å². The molecule has 0 aromatic carbocycles. The molecule has 1 rings (SSSR count). The highest BCUT2D eigenvalue weighted by atomic mass is 16.1. The smallest absolute Gasteiger partial charge is 0.256 e. The summed E-state index contributed by atoms with van der Waals surface area (Å²) in [6.45, 7) is 8.51. The van der Waals surface area contributed by atoms with Gasteiger partial charge in [0.2, 0.25) is 0 Å². The Morgan fingerprint density at radius 2 is 2.30 bits per heavy atom. The van der Waals surface area contributed by atoms with Crippen molar-refractivity contribution in [2.45, 2.75) is 53.1 Å². The predicted octanol–water partition coefficient (Wildman–Crippen LogP) is 2.58. The third-order valence-corrected chi connectivity index (χ3v) is 2.86. The van der Waals surface area contributed by atoms with E-state index in [-0.39, 0.29) is 5.91 Å². The van der Waals surface area contributed by atoms with E-state index in [4.69, 9.17) is 5.26 Å². The number of hydrogen-bond donors (Lipinski definition) is 1. The summed E-state index contributed by atoms with van der Waals surface area (Å²) in [6, 6.07) is 1.45. The lowest BCUT2D eigenvalue weighted by Crippen LogP contribution is -2.32. The van der Waals surface area contributed by atoms with Crippen LogP contribution in [0.1, 0.15) is 49.7 Å². The first-order valence-electron chi connectivity index (χ1n) is 6.87. The molecule has 1 heterocycles. The number of rotatable bonds is 6. The minimum absolute atomic E-state index is 0.255. The second kappa shape index (κ2) is 7.49. The number of unbranched alkanes of at least 4 members (excludes halogenated alkanes) is 1. The summed E-state index contributed by atoms with van der Waals surface area (Å²) in [5, 5.41) is 16.0. The molecule has 5 nitrogen and oxygen atoms in total. The zero-order chi connectivity index (χ0) is 15.1. The van der Waals surface area contributed by atoms with Crippen molar-refractivity contribution in [2.24, 2.45) is 0 Å². The molecule has 0 saturated heterocycles. The summed E-state index contributed by atoms with van der Waals surface area (Å²) in [4.78, 5) is 12.2. The topological polar surface area (TPSA) is 70.7 Å². The SMILES string of the molecule is CCCCn1cc(C(=O)NC(C#N)C=C(C)C)c(C)n1. The highest BCUT2D eigenvalue weighted by Gasteiger charge is 2.16. The van der Waals surface area contributed by atoms with E-state index >= 15 is 0 Å². The van der Waals surface area contributed by atoms with Gasteiger partial charge in [-0.15, -0.1) is 0 Å². The number of aryl methyl sites for hydroxylation is 2. The molecule has 0 radical (unpaired) electrons. The van der Waals surface area contributed by atoms with Crippen molar-refractivity contribution < 1.29 is 4.79 Å². The molecule has 0 fully saturated rings. The normalized spacial score (nSPS) is 11.6. The lowest BCUT2D eigenvalue weighted by atomic mass is 10.2. The molecule has 0 aliphatic carbocycles. The Kier molecular flexibility index (Phi) is 5.98. The average Bonchev–Trinajstić information content (AvgIpc) is 2.76. The maximum Gasteiger partial charge on any atom is 0.256 e. The molecule has 1 atom stereocenters. The third-order valence-electron chi connectivity index (χ3n) is 2.86. The van der Waals surface area contributed by atoms with Crippen molar-refractivity contribution in [1.82, 2.24) is 15.1 Å². The fourth-order valence-corrected chi connectivity index (χ4v) is 1.84. The summed E-state index contributed by atoms with van der Waals surface area (Å²) in [7, 11) is 0. The van der Waals surface area contributed by atoms with Crippen LogP contribution in [0, 0.1) is 18.3 Å². The highest BCUT2D eigenvalue weighted by Crippen LogP contribution is 2.07. The van der Waals surface area contributed by atoms with E-state index in [0.29, 0.717) is 11.3 Å². The van der Waals surface area contributed by atoms with Crippen molar-refractivity contribution in [3.63, 3.8) is 0 Å². The van der Waals surface area contributed by atoms with Crippen LogP contribution in [0.5, 0.6) is 0 Å². The maximum atomic E-state index is 12.2. The zero-order valence-electron chi connectivity index (χ0n) is 12.6. The van der Waals surface area contributed by atoms with Crippen molar-refractivity contribution in [1.29, 1.82) is 5.26 Å². The first kappa shape index (κ1) is 16.0. The van der Waals surface area contributed by atoms with Gasteiger partial charge in [-0.05, 0) is 33.3 Å². The molecule has 1 aromatic rings. The quantitative estimate of drug-likeness (QED) is 0.810. The number of carbonyl (C=O) groups excluding carboxylic acids is 1. The van der Waals surface area contributed by atoms with Gasteiger partial charge in [0.05, 0.1) is 17.3 Å². The lowest BCUT2D eigenvalue weighted by Gasteiger charge is -2.07. The van der Waals surface area contributed by atoms with Gasteiger partial charge in [-0.1, -0.05) is 18.9 Å². The number of aromatic nitrogens is 2. The zero-order valence-corrected chi connectivity index (χ0v) is 12.6. The summed E-state index contributed by atoms with van der Waals surface area (Å²) in [6.07, 6.45) is 5.59. The molecule has 0 saturated carbocycles. The molecule has 0 aliphatic heterocycles. The van der Waals surface area contributed by atoms with E-state index in [1.807, 2.05) is 13.8 Å². The van der Waals surface area contributed by atoms with Crippen molar-refractivity contribution in [3.05, 3.63) is 29.1 Å². The minimum atomic E-state index is -0.606. The fraction of sp³-hybridized carbons (Fsp3) is 0.533. The first-order chi connectivity index (χ1) is 9.47. The van der Waals surface area contributed by atoms with Crippen LogP contribution in [-0.2, 0) is 6.54 Å². The molecule has 1 amide bonds. The van der Waals surface area contributed by atoms with Gasteiger partial charge >= 0.3 is 0 Å². The second-order valence-electron chi connectivity index (χ2n) is 5.07. The van der Waals surface area contributed by atoms with Gasteiger partial charge in [-0.3, -0.25) is 9.48 Å². The minimum Gasteiger partial charge on any atom is -0.333 e. The maximum absolute atomic E-state index is 12.2. The average molecular weight is 274 g/mol. The number of nitrogens with one attached hydrogen (secondary N) is 1. The van der Waals surface area contributed by atoms with Gasteiger partial charge in [0.25, 0.3) is 5.91 Å². The van der Waals surface area contributed by atoms with Crippen LogP contribution in [0.3, 0.4) is 0 Å². The van der Waals surface area contributed by atoms with Crippen LogP contribution in [0.15, 0.2) is 17.8 Å². The van der Waals surface area contributed by atoms with Crippen molar-refractivity contribution >= 4 is 5.91 Å². The Hall–Kier alpha value is -2.09. The van der Waals surface area contributed by atoms with Gasteiger partial charge in [-0.25, -0.2) is 0 Å². The molecule has 0 spiro atoms. The predicted molar refractivity (Wildman–Crippen MR) is 78.2 cm³/mol. The molecule has 1 unspecified atom stereocenters. The third kappa shape index (κ3) is 4.54. The van der Waals surface area contributed by atoms with Gasteiger partial charge in [0, 0.05) is 12.7 Å². The number of amides is 1. The highest BCUT2D eigenvalue weighted by molar-refractivity contribution is 5.95. The van der Waals surface area contributed by atoms with Crippen molar-refractivity contribution in [3.8, 4) is 6.07 Å². The van der Waals surface area contributed by atoms with E-state index < -0.39 is 6.04 Å². The largest absolute Gasteiger partial charge is 0.333 e. The van der Waals surface area contributed by atoms with Crippen LogP contribution in [0.4, 0.5) is 0 Å². The first-order valence-corrected chi connectivity index (χ1v) is 6.87. The molecule has 0 bridgehead atoms. The van der Waals surface area contributed by atoms with Crippen LogP contribution in [0.25, 0.3) is 0 Å². The Balaban J connectivity index is 2.79. The molecule has 5 heteroatoms. The number of hydrogen-bond acceptors (Lipinski definition) is 3.